The maximum absolute atomic E-state index is 14.0. The van der Waals surface area contributed by atoms with Crippen molar-refractivity contribution in [1.82, 2.24) is 15.3 Å². The minimum absolute atomic E-state index is 0.187. The number of nitrogens with one attached hydrogen (secondary N) is 2. The molecule has 0 aliphatic carbocycles. The molecule has 0 unspecified atom stereocenters. The van der Waals surface area contributed by atoms with Gasteiger partial charge in [-0.2, -0.15) is 0 Å². The number of nitrogens with zero attached hydrogens (tertiary/aromatic N) is 1. The second-order valence-electron chi connectivity index (χ2n) is 6.48. The number of halogens is 2. The van der Waals surface area contributed by atoms with Crippen LogP contribution in [0.4, 0.5) is 4.39 Å². The van der Waals surface area contributed by atoms with Crippen molar-refractivity contribution in [1.29, 1.82) is 0 Å². The molecule has 2 heterocycles. The lowest BCUT2D eigenvalue weighted by Crippen LogP contribution is -2.25. The Balaban J connectivity index is 1.51. The Morgan fingerprint density at radius 2 is 2.11 bits per heavy atom. The number of fused-ring (bicyclic) bond motifs is 2. The summed E-state index contributed by atoms with van der Waals surface area (Å²) in [5.41, 5.74) is 4.32. The fourth-order valence-electron chi connectivity index (χ4n) is 3.33. The number of benzene rings is 2. The predicted molar refractivity (Wildman–Crippen MR) is 111 cm³/mol. The van der Waals surface area contributed by atoms with E-state index in [9.17, 15) is 9.18 Å². The van der Waals surface area contributed by atoms with Gasteiger partial charge in [0.25, 0.3) is 5.91 Å². The number of amides is 1. The number of rotatable bonds is 4. The molecule has 2 N–H and O–H groups in total. The number of H-pyrrole nitrogens is 1. The molecule has 4 aromatic rings. The van der Waals surface area contributed by atoms with Crippen LogP contribution in [0.2, 0.25) is 0 Å². The van der Waals surface area contributed by atoms with Crippen molar-refractivity contribution >= 4 is 54.3 Å². The van der Waals surface area contributed by atoms with Gasteiger partial charge >= 0.3 is 0 Å². The molecule has 0 saturated heterocycles. The number of hydrogen-bond donors (Lipinski definition) is 2. The summed E-state index contributed by atoms with van der Waals surface area (Å²) in [5, 5.41) is 4.28. The minimum Gasteiger partial charge on any atom is -0.356 e. The monoisotopic (exact) mass is 445 g/mol. The number of carbonyl (C=O) groups excluding carboxylic acids is 1. The number of aromatic nitrogens is 2. The maximum atomic E-state index is 14.0. The highest BCUT2D eigenvalue weighted by atomic mass is 79.9. The van der Waals surface area contributed by atoms with Crippen LogP contribution in [0, 0.1) is 19.7 Å². The summed E-state index contributed by atoms with van der Waals surface area (Å²) < 4.78 is 16.0. The molecule has 1 amide bonds. The average molecular weight is 446 g/mol. The highest BCUT2D eigenvalue weighted by Crippen LogP contribution is 2.28. The van der Waals surface area contributed by atoms with Crippen molar-refractivity contribution in [2.24, 2.45) is 0 Å². The molecule has 4 rings (SSSR count). The van der Waals surface area contributed by atoms with E-state index in [0.717, 1.165) is 36.9 Å². The van der Waals surface area contributed by atoms with E-state index in [1.165, 1.54) is 17.4 Å². The van der Waals surface area contributed by atoms with Crippen molar-refractivity contribution in [3.8, 4) is 0 Å². The van der Waals surface area contributed by atoms with E-state index >= 15 is 0 Å². The normalized spacial score (nSPS) is 11.4. The van der Waals surface area contributed by atoms with Crippen molar-refractivity contribution in [3.63, 3.8) is 0 Å². The third-order valence-electron chi connectivity index (χ3n) is 4.63. The van der Waals surface area contributed by atoms with Gasteiger partial charge in [-0.25, -0.2) is 9.37 Å². The van der Waals surface area contributed by atoms with E-state index in [1.54, 1.807) is 6.07 Å². The number of hydrogen-bond acceptors (Lipinski definition) is 3. The van der Waals surface area contributed by atoms with E-state index in [-0.39, 0.29) is 11.7 Å². The molecule has 0 radical (unpaired) electrons. The maximum Gasteiger partial charge on any atom is 0.280 e. The van der Waals surface area contributed by atoms with Gasteiger partial charge in [0.1, 0.15) is 5.82 Å². The third-order valence-corrected chi connectivity index (χ3v) is 6.16. The topological polar surface area (TPSA) is 57.8 Å². The minimum atomic E-state index is -0.255. The van der Waals surface area contributed by atoms with Crippen molar-refractivity contribution in [3.05, 3.63) is 62.5 Å². The van der Waals surface area contributed by atoms with Crippen LogP contribution in [-0.2, 0) is 6.42 Å². The van der Waals surface area contributed by atoms with Gasteiger partial charge in [-0.15, -0.1) is 11.3 Å². The average Bonchev–Trinajstić information content (AvgIpc) is 3.20. The Morgan fingerprint density at radius 1 is 1.30 bits per heavy atom. The van der Waals surface area contributed by atoms with Crippen LogP contribution in [0.15, 0.2) is 34.8 Å². The Hall–Kier alpha value is -2.25. The van der Waals surface area contributed by atoms with Crippen molar-refractivity contribution in [2.45, 2.75) is 20.3 Å². The first kappa shape index (κ1) is 18.1. The second kappa shape index (κ2) is 7.05. The molecule has 4 nitrogen and oxygen atoms in total. The van der Waals surface area contributed by atoms with E-state index in [4.69, 9.17) is 0 Å². The summed E-state index contributed by atoms with van der Waals surface area (Å²) in [4.78, 5) is 20.0. The van der Waals surface area contributed by atoms with E-state index in [1.807, 2.05) is 32.0 Å². The van der Waals surface area contributed by atoms with E-state index < -0.39 is 0 Å². The van der Waals surface area contributed by atoms with Crippen LogP contribution in [-0.4, -0.2) is 22.4 Å². The lowest BCUT2D eigenvalue weighted by molar-refractivity contribution is 0.0954. The van der Waals surface area contributed by atoms with Gasteiger partial charge in [0.05, 0.1) is 15.7 Å². The van der Waals surface area contributed by atoms with Crippen LogP contribution in [0.1, 0.15) is 26.6 Å². The highest BCUT2D eigenvalue weighted by molar-refractivity contribution is 9.10. The summed E-state index contributed by atoms with van der Waals surface area (Å²) in [6.07, 6.45) is 0.623. The van der Waals surface area contributed by atoms with Crippen LogP contribution >= 0.6 is 27.3 Å². The summed E-state index contributed by atoms with van der Waals surface area (Å²) in [5.74, 6) is -0.442. The van der Waals surface area contributed by atoms with E-state index in [0.29, 0.717) is 23.5 Å². The summed E-state index contributed by atoms with van der Waals surface area (Å²) in [6, 6.07) is 9.04. The van der Waals surface area contributed by atoms with Crippen LogP contribution in [0.25, 0.3) is 21.1 Å². The van der Waals surface area contributed by atoms with Crippen molar-refractivity contribution in [2.75, 3.05) is 6.54 Å². The molecular formula is C20H17BrFN3OS. The second-order valence-corrected chi connectivity index (χ2v) is 8.43. The Labute approximate surface area is 167 Å². The molecule has 0 spiro atoms. The number of carbonyl (C=O) groups is 1. The van der Waals surface area contributed by atoms with Gasteiger partial charge in [-0.1, -0.05) is 22.0 Å². The highest BCUT2D eigenvalue weighted by Gasteiger charge is 2.15. The molecule has 0 fully saturated rings. The number of aromatic amines is 1. The fraction of sp³-hybridized carbons (Fsp3) is 0.200. The molecule has 2 aromatic heterocycles. The number of aryl methyl sites for hydroxylation is 2. The Bertz CT molecular complexity index is 1180. The van der Waals surface area contributed by atoms with E-state index in [2.05, 4.69) is 31.2 Å². The van der Waals surface area contributed by atoms with Gasteiger partial charge < -0.3 is 10.3 Å². The van der Waals surface area contributed by atoms with Gasteiger partial charge in [-0.05, 0) is 55.7 Å². The fourth-order valence-corrected chi connectivity index (χ4v) is 4.54. The molecule has 138 valence electrons. The van der Waals surface area contributed by atoms with Crippen LogP contribution < -0.4 is 5.32 Å². The smallest absolute Gasteiger partial charge is 0.280 e. The summed E-state index contributed by atoms with van der Waals surface area (Å²) in [6.45, 7) is 4.36. The quantitative estimate of drug-likeness (QED) is 0.449. The van der Waals surface area contributed by atoms with Crippen LogP contribution in [0.3, 0.4) is 0 Å². The van der Waals surface area contributed by atoms with Gasteiger partial charge in [0.2, 0.25) is 0 Å². The Morgan fingerprint density at radius 3 is 2.93 bits per heavy atom. The predicted octanol–water partition coefficient (Wildman–Crippen LogP) is 5.27. The van der Waals surface area contributed by atoms with Crippen LogP contribution in [0.5, 0.6) is 0 Å². The first-order valence-electron chi connectivity index (χ1n) is 8.54. The third kappa shape index (κ3) is 3.37. The molecule has 0 aliphatic rings. The largest absolute Gasteiger partial charge is 0.356 e. The first-order chi connectivity index (χ1) is 12.9. The van der Waals surface area contributed by atoms with Crippen molar-refractivity contribution < 1.29 is 9.18 Å². The lowest BCUT2D eigenvalue weighted by Gasteiger charge is -2.05. The summed E-state index contributed by atoms with van der Waals surface area (Å²) >= 11 is 4.79. The lowest BCUT2D eigenvalue weighted by atomic mass is 10.0. The Kier molecular flexibility index (Phi) is 4.74. The molecule has 0 atom stereocenters. The SMILES string of the molecule is Cc1[nH]c2c(F)ccc(C)c2c1CCNC(=O)c1nc2cc(Br)ccc2s1. The molecule has 0 bridgehead atoms. The molecular weight excluding hydrogens is 429 g/mol. The zero-order valence-corrected chi connectivity index (χ0v) is 17.2. The zero-order chi connectivity index (χ0) is 19.1. The molecule has 2 aromatic carbocycles. The molecule has 27 heavy (non-hydrogen) atoms. The summed E-state index contributed by atoms with van der Waals surface area (Å²) in [7, 11) is 0. The first-order valence-corrected chi connectivity index (χ1v) is 10.2. The molecule has 7 heteroatoms. The van der Waals surface area contributed by atoms with Gasteiger partial charge in [0, 0.05) is 22.1 Å². The van der Waals surface area contributed by atoms with Gasteiger partial charge in [0.15, 0.2) is 5.01 Å². The molecule has 0 saturated carbocycles. The zero-order valence-electron chi connectivity index (χ0n) is 14.8. The standard InChI is InChI=1S/C20H17BrFN3OS/c1-10-3-5-14(22)18-17(10)13(11(2)24-18)7-8-23-19(26)20-25-15-9-12(21)4-6-16(15)27-20/h3-6,9,24H,7-8H2,1-2H3,(H,23,26). The number of thiazole rings is 1. The van der Waals surface area contributed by atoms with Gasteiger partial charge in [-0.3, -0.25) is 4.79 Å². The molecule has 0 aliphatic heterocycles.